The first-order chi connectivity index (χ1) is 8.99. The molecule has 6 heteroatoms. The largest absolute Gasteiger partial charge is 0.337 e. The summed E-state index contributed by atoms with van der Waals surface area (Å²) in [7, 11) is 0. The van der Waals surface area contributed by atoms with Gasteiger partial charge in [-0.1, -0.05) is 0 Å². The Hall–Kier alpha value is -1.69. The summed E-state index contributed by atoms with van der Waals surface area (Å²) in [6, 6.07) is 0.166. The number of piperazine rings is 1. The third-order valence-electron chi connectivity index (χ3n) is 3.49. The molecule has 0 aliphatic carbocycles. The number of aromatic nitrogens is 2. The molecule has 2 heterocycles. The molecule has 0 aromatic carbocycles. The van der Waals surface area contributed by atoms with Gasteiger partial charge < -0.3 is 15.2 Å². The number of hydrogen-bond donors (Lipinski definition) is 2. The Morgan fingerprint density at radius 2 is 2.21 bits per heavy atom. The predicted octanol–water partition coefficient (Wildman–Crippen LogP) is -0.250. The average molecular weight is 264 g/mol. The molecular weight excluding hydrogens is 244 g/mol. The summed E-state index contributed by atoms with van der Waals surface area (Å²) in [5.74, 6) is 0.572. The number of carbonyl (C=O) groups is 1. The number of H-pyrrole nitrogens is 1. The Kier molecular flexibility index (Phi) is 3.99. The molecule has 2 rings (SSSR count). The topological polar surface area (TPSA) is 78.1 Å². The monoisotopic (exact) mass is 264 g/mol. The highest BCUT2D eigenvalue weighted by Gasteiger charge is 2.24. The highest BCUT2D eigenvalue weighted by molar-refractivity contribution is 5.79. The summed E-state index contributed by atoms with van der Waals surface area (Å²) >= 11 is 0. The molecule has 1 aromatic heterocycles. The first-order valence-corrected chi connectivity index (χ1v) is 6.55. The van der Waals surface area contributed by atoms with E-state index in [2.05, 4.69) is 15.3 Å². The molecule has 1 fully saturated rings. The van der Waals surface area contributed by atoms with Gasteiger partial charge >= 0.3 is 0 Å². The van der Waals surface area contributed by atoms with Crippen LogP contribution in [-0.4, -0.2) is 46.5 Å². The van der Waals surface area contributed by atoms with Crippen molar-refractivity contribution in [3.05, 3.63) is 27.4 Å². The Morgan fingerprint density at radius 1 is 1.47 bits per heavy atom. The van der Waals surface area contributed by atoms with E-state index in [1.165, 1.54) is 0 Å². The minimum atomic E-state index is -0.207. The summed E-state index contributed by atoms with van der Waals surface area (Å²) in [5, 5.41) is 3.24. The Bertz CT molecular complexity index is 538. The lowest BCUT2D eigenvalue weighted by molar-refractivity contribution is -0.133. The van der Waals surface area contributed by atoms with Gasteiger partial charge in [0, 0.05) is 36.9 Å². The van der Waals surface area contributed by atoms with E-state index in [1.807, 2.05) is 11.8 Å². The second-order valence-electron chi connectivity index (χ2n) is 5.03. The third kappa shape index (κ3) is 3.01. The first kappa shape index (κ1) is 13.7. The maximum absolute atomic E-state index is 12.3. The van der Waals surface area contributed by atoms with Crippen molar-refractivity contribution >= 4 is 5.91 Å². The minimum absolute atomic E-state index is 0.00625. The fourth-order valence-electron chi connectivity index (χ4n) is 2.42. The second kappa shape index (κ2) is 5.52. The van der Waals surface area contributed by atoms with E-state index < -0.39 is 0 Å². The highest BCUT2D eigenvalue weighted by Crippen LogP contribution is 2.07. The third-order valence-corrected chi connectivity index (χ3v) is 3.49. The lowest BCUT2D eigenvalue weighted by Crippen LogP contribution is -2.52. The quantitative estimate of drug-likeness (QED) is 0.772. The van der Waals surface area contributed by atoms with Crippen LogP contribution in [0.25, 0.3) is 0 Å². The molecule has 1 aliphatic heterocycles. The van der Waals surface area contributed by atoms with Crippen LogP contribution in [0, 0.1) is 13.8 Å². The number of nitrogens with zero attached hydrogens (tertiary/aromatic N) is 2. The Balaban J connectivity index is 2.17. The van der Waals surface area contributed by atoms with Crippen molar-refractivity contribution in [1.29, 1.82) is 0 Å². The van der Waals surface area contributed by atoms with Crippen molar-refractivity contribution in [2.75, 3.05) is 19.6 Å². The van der Waals surface area contributed by atoms with Crippen LogP contribution in [0.15, 0.2) is 4.79 Å². The number of carbonyl (C=O) groups excluding carboxylic acids is 1. The lowest BCUT2D eigenvalue weighted by Gasteiger charge is -2.34. The summed E-state index contributed by atoms with van der Waals surface area (Å²) in [5.41, 5.74) is 0.903. The molecule has 1 aromatic rings. The molecule has 0 spiro atoms. The number of aromatic amines is 1. The first-order valence-electron chi connectivity index (χ1n) is 6.55. The number of nitrogens with one attached hydrogen (secondary N) is 2. The number of hydrogen-bond acceptors (Lipinski definition) is 4. The van der Waals surface area contributed by atoms with E-state index in [0.717, 1.165) is 13.1 Å². The van der Waals surface area contributed by atoms with Crippen molar-refractivity contribution in [3.63, 3.8) is 0 Å². The van der Waals surface area contributed by atoms with Crippen LogP contribution in [0.5, 0.6) is 0 Å². The predicted molar refractivity (Wildman–Crippen MR) is 72.1 cm³/mol. The van der Waals surface area contributed by atoms with Gasteiger partial charge in [0.2, 0.25) is 5.91 Å². The van der Waals surface area contributed by atoms with Crippen LogP contribution in [0.3, 0.4) is 0 Å². The van der Waals surface area contributed by atoms with Crippen LogP contribution in [0.1, 0.15) is 24.0 Å². The van der Waals surface area contributed by atoms with Crippen LogP contribution in [0.4, 0.5) is 0 Å². The molecule has 1 saturated heterocycles. The maximum Gasteiger partial charge on any atom is 0.254 e. The van der Waals surface area contributed by atoms with E-state index in [0.29, 0.717) is 23.6 Å². The molecule has 1 atom stereocenters. The summed E-state index contributed by atoms with van der Waals surface area (Å²) < 4.78 is 0. The molecule has 1 amide bonds. The van der Waals surface area contributed by atoms with Crippen molar-refractivity contribution in [2.45, 2.75) is 33.2 Å². The van der Waals surface area contributed by atoms with E-state index in [9.17, 15) is 9.59 Å². The highest BCUT2D eigenvalue weighted by atomic mass is 16.2. The number of amides is 1. The van der Waals surface area contributed by atoms with Gasteiger partial charge in [0.1, 0.15) is 5.82 Å². The van der Waals surface area contributed by atoms with Gasteiger partial charge in [-0.05, 0) is 20.8 Å². The normalized spacial score (nSPS) is 19.5. The SMILES string of the molecule is Cc1nc(C)c(CC(=O)N2CCNC[C@@H]2C)c(=O)[nH]1. The van der Waals surface area contributed by atoms with E-state index >= 15 is 0 Å². The van der Waals surface area contributed by atoms with Crippen LogP contribution >= 0.6 is 0 Å². The van der Waals surface area contributed by atoms with E-state index in [1.54, 1.807) is 13.8 Å². The summed E-state index contributed by atoms with van der Waals surface area (Å²) in [6.07, 6.45) is 0.124. The van der Waals surface area contributed by atoms with Gasteiger partial charge in [0.05, 0.1) is 6.42 Å². The van der Waals surface area contributed by atoms with Crippen molar-refractivity contribution in [2.24, 2.45) is 0 Å². The van der Waals surface area contributed by atoms with Gasteiger partial charge in [-0.25, -0.2) is 4.98 Å². The molecule has 2 N–H and O–H groups in total. The number of rotatable bonds is 2. The Morgan fingerprint density at radius 3 is 2.84 bits per heavy atom. The molecule has 0 saturated carbocycles. The van der Waals surface area contributed by atoms with Crippen LogP contribution in [0.2, 0.25) is 0 Å². The lowest BCUT2D eigenvalue weighted by atomic mass is 10.1. The average Bonchev–Trinajstić information content (AvgIpc) is 2.34. The second-order valence-corrected chi connectivity index (χ2v) is 5.03. The summed E-state index contributed by atoms with van der Waals surface area (Å²) in [6.45, 7) is 7.81. The molecule has 0 radical (unpaired) electrons. The van der Waals surface area contributed by atoms with Crippen LogP contribution in [-0.2, 0) is 11.2 Å². The molecule has 0 bridgehead atoms. The van der Waals surface area contributed by atoms with Crippen molar-refractivity contribution in [1.82, 2.24) is 20.2 Å². The van der Waals surface area contributed by atoms with E-state index in [-0.39, 0.29) is 23.9 Å². The standard InChI is InChI=1S/C13H20N4O2/c1-8-7-14-4-5-17(8)12(18)6-11-9(2)15-10(3)16-13(11)19/h8,14H,4-7H2,1-3H3,(H,15,16,19)/t8-/m0/s1. The molecule has 6 nitrogen and oxygen atoms in total. The van der Waals surface area contributed by atoms with Gasteiger partial charge in [0.15, 0.2) is 0 Å². The molecule has 104 valence electrons. The molecule has 1 aliphatic rings. The molecule has 19 heavy (non-hydrogen) atoms. The van der Waals surface area contributed by atoms with Gasteiger partial charge in [-0.15, -0.1) is 0 Å². The molecule has 0 unspecified atom stereocenters. The van der Waals surface area contributed by atoms with Gasteiger partial charge in [0.25, 0.3) is 5.56 Å². The zero-order chi connectivity index (χ0) is 14.0. The Labute approximate surface area is 112 Å². The molecular formula is C13H20N4O2. The smallest absolute Gasteiger partial charge is 0.254 e. The fourth-order valence-corrected chi connectivity index (χ4v) is 2.42. The number of aryl methyl sites for hydroxylation is 2. The van der Waals surface area contributed by atoms with Crippen molar-refractivity contribution < 1.29 is 4.79 Å². The van der Waals surface area contributed by atoms with Crippen LogP contribution < -0.4 is 10.9 Å². The van der Waals surface area contributed by atoms with Crippen molar-refractivity contribution in [3.8, 4) is 0 Å². The summed E-state index contributed by atoms with van der Waals surface area (Å²) in [4.78, 5) is 32.9. The van der Waals surface area contributed by atoms with E-state index in [4.69, 9.17) is 0 Å². The van der Waals surface area contributed by atoms with Gasteiger partial charge in [-0.2, -0.15) is 0 Å². The minimum Gasteiger partial charge on any atom is -0.337 e. The fraction of sp³-hybridized carbons (Fsp3) is 0.615. The van der Waals surface area contributed by atoms with Gasteiger partial charge in [-0.3, -0.25) is 9.59 Å². The zero-order valence-electron chi connectivity index (χ0n) is 11.6. The maximum atomic E-state index is 12.3. The zero-order valence-corrected chi connectivity index (χ0v) is 11.6.